The summed E-state index contributed by atoms with van der Waals surface area (Å²) in [6, 6.07) is 14.5. The van der Waals surface area contributed by atoms with Crippen LogP contribution in [0.4, 0.5) is 0 Å². The smallest absolute Gasteiger partial charge is 0.317 e. The summed E-state index contributed by atoms with van der Waals surface area (Å²) < 4.78 is 34.6. The van der Waals surface area contributed by atoms with Gasteiger partial charge in [-0.1, -0.05) is 30.3 Å². The minimum Gasteiger partial charge on any atom is -0.497 e. The van der Waals surface area contributed by atoms with E-state index in [1.54, 1.807) is 0 Å². The molecule has 0 aliphatic carbocycles. The van der Waals surface area contributed by atoms with E-state index in [9.17, 15) is 13.2 Å². The molecule has 1 heterocycles. The number of methoxy groups -OCH3 is 1. The van der Waals surface area contributed by atoms with Crippen molar-refractivity contribution in [2.75, 3.05) is 7.11 Å². The monoisotopic (exact) mass is 333 g/mol. The first kappa shape index (κ1) is 15.5. The highest BCUT2D eigenvalue weighted by Gasteiger charge is 2.41. The van der Waals surface area contributed by atoms with Crippen molar-refractivity contribution in [1.82, 2.24) is 5.06 Å². The predicted octanol–water partition coefficient (Wildman–Crippen LogP) is 2.29. The molecule has 1 aliphatic heterocycles. The largest absolute Gasteiger partial charge is 0.497 e. The molecule has 0 saturated carbocycles. The standard InChI is InChI=1S/C16H15NO5S/c1-21-13-7-9-14(10-8-13)23(19,20)22-17-15(11-16(17)18)12-5-3-2-4-6-12/h2-10,15H,11H2,1H3. The van der Waals surface area contributed by atoms with E-state index >= 15 is 0 Å². The van der Waals surface area contributed by atoms with Gasteiger partial charge in [0.25, 0.3) is 0 Å². The molecule has 6 nitrogen and oxygen atoms in total. The van der Waals surface area contributed by atoms with E-state index in [1.807, 2.05) is 30.3 Å². The van der Waals surface area contributed by atoms with Crippen molar-refractivity contribution in [3.8, 4) is 5.75 Å². The van der Waals surface area contributed by atoms with E-state index in [4.69, 9.17) is 9.02 Å². The summed E-state index contributed by atoms with van der Waals surface area (Å²) in [5, 5.41) is 0.912. The van der Waals surface area contributed by atoms with Crippen LogP contribution >= 0.6 is 0 Å². The molecule has 0 aromatic heterocycles. The maximum Gasteiger partial charge on any atom is 0.317 e. The number of carbonyl (C=O) groups excluding carboxylic acids is 1. The lowest BCUT2D eigenvalue weighted by Gasteiger charge is -2.37. The number of ether oxygens (including phenoxy) is 1. The van der Waals surface area contributed by atoms with Gasteiger partial charge in [-0.15, -0.1) is 4.28 Å². The topological polar surface area (TPSA) is 72.9 Å². The second kappa shape index (κ2) is 6.02. The van der Waals surface area contributed by atoms with Gasteiger partial charge in [-0.05, 0) is 29.8 Å². The molecule has 2 aromatic carbocycles. The fourth-order valence-electron chi connectivity index (χ4n) is 2.31. The first-order valence-electron chi connectivity index (χ1n) is 6.97. The van der Waals surface area contributed by atoms with E-state index in [0.29, 0.717) is 5.75 Å². The van der Waals surface area contributed by atoms with Crippen LogP contribution in [0.15, 0.2) is 59.5 Å². The molecule has 0 N–H and O–H groups in total. The van der Waals surface area contributed by atoms with Crippen molar-refractivity contribution >= 4 is 16.0 Å². The third-order valence-corrected chi connectivity index (χ3v) is 4.81. The molecule has 1 fully saturated rings. The molecule has 0 radical (unpaired) electrons. The zero-order valence-electron chi connectivity index (χ0n) is 12.4. The summed E-state index contributed by atoms with van der Waals surface area (Å²) >= 11 is 0. The minimum absolute atomic E-state index is 0.0372. The predicted molar refractivity (Wildman–Crippen MR) is 81.9 cm³/mol. The van der Waals surface area contributed by atoms with Gasteiger partial charge in [0.1, 0.15) is 5.75 Å². The molecule has 1 amide bonds. The molecule has 23 heavy (non-hydrogen) atoms. The number of benzene rings is 2. The summed E-state index contributed by atoms with van der Waals surface area (Å²) in [5.41, 5.74) is 0.831. The van der Waals surface area contributed by atoms with Crippen LogP contribution in [0.1, 0.15) is 18.0 Å². The molecule has 1 aliphatic rings. The normalized spacial score (nSPS) is 17.7. The Kier molecular flexibility index (Phi) is 4.06. The van der Waals surface area contributed by atoms with Gasteiger partial charge < -0.3 is 4.74 Å². The van der Waals surface area contributed by atoms with Crippen LogP contribution in [0, 0.1) is 0 Å². The third-order valence-electron chi connectivity index (χ3n) is 3.61. The fraction of sp³-hybridized carbons (Fsp3) is 0.188. The number of β-lactam (4-membered cyclic amide) rings is 1. The van der Waals surface area contributed by atoms with Gasteiger partial charge in [-0.3, -0.25) is 4.79 Å². The van der Waals surface area contributed by atoms with Gasteiger partial charge in [0.15, 0.2) is 0 Å². The summed E-state index contributed by atoms with van der Waals surface area (Å²) in [5.74, 6) is 0.169. The van der Waals surface area contributed by atoms with E-state index in [2.05, 4.69) is 0 Å². The lowest BCUT2D eigenvalue weighted by Crippen LogP contribution is -2.47. The molecular weight excluding hydrogens is 318 g/mol. The van der Waals surface area contributed by atoms with Crippen molar-refractivity contribution in [1.29, 1.82) is 0 Å². The van der Waals surface area contributed by atoms with Crippen LogP contribution < -0.4 is 4.74 Å². The number of nitrogens with zero attached hydrogens (tertiary/aromatic N) is 1. The van der Waals surface area contributed by atoms with Crippen LogP contribution in [-0.4, -0.2) is 26.5 Å². The van der Waals surface area contributed by atoms with Crippen molar-refractivity contribution in [2.45, 2.75) is 17.4 Å². The molecule has 1 saturated heterocycles. The van der Waals surface area contributed by atoms with E-state index in [1.165, 1.54) is 31.4 Å². The van der Waals surface area contributed by atoms with Crippen LogP contribution in [0.25, 0.3) is 0 Å². The zero-order valence-corrected chi connectivity index (χ0v) is 13.2. The Morgan fingerprint density at radius 3 is 2.26 bits per heavy atom. The maximum absolute atomic E-state index is 12.3. The van der Waals surface area contributed by atoms with Gasteiger partial charge in [0, 0.05) is 0 Å². The number of amides is 1. The van der Waals surface area contributed by atoms with Crippen molar-refractivity contribution in [3.63, 3.8) is 0 Å². The average molecular weight is 333 g/mol. The third kappa shape index (κ3) is 3.06. The van der Waals surface area contributed by atoms with E-state index in [-0.39, 0.29) is 17.2 Å². The van der Waals surface area contributed by atoms with Crippen LogP contribution in [-0.2, 0) is 19.2 Å². The highest BCUT2D eigenvalue weighted by atomic mass is 32.2. The number of carbonyl (C=O) groups is 1. The van der Waals surface area contributed by atoms with Gasteiger partial charge >= 0.3 is 10.1 Å². The summed E-state index contributed by atoms with van der Waals surface area (Å²) in [4.78, 5) is 11.7. The zero-order chi connectivity index (χ0) is 16.4. The van der Waals surface area contributed by atoms with E-state index < -0.39 is 16.2 Å². The second-order valence-electron chi connectivity index (χ2n) is 5.05. The average Bonchev–Trinajstić information content (AvgIpc) is 2.58. The van der Waals surface area contributed by atoms with Crippen molar-refractivity contribution in [2.24, 2.45) is 0 Å². The van der Waals surface area contributed by atoms with Gasteiger partial charge in [0.2, 0.25) is 5.91 Å². The number of hydroxylamine groups is 2. The molecule has 7 heteroatoms. The van der Waals surface area contributed by atoms with Crippen LogP contribution in [0.2, 0.25) is 0 Å². The van der Waals surface area contributed by atoms with Crippen molar-refractivity contribution in [3.05, 3.63) is 60.2 Å². The van der Waals surface area contributed by atoms with Crippen LogP contribution in [0.5, 0.6) is 5.75 Å². The molecular formula is C16H15NO5S. The summed E-state index contributed by atoms with van der Waals surface area (Å²) in [7, 11) is -2.58. The Morgan fingerprint density at radius 1 is 1.04 bits per heavy atom. The molecule has 120 valence electrons. The second-order valence-corrected chi connectivity index (χ2v) is 6.58. The van der Waals surface area contributed by atoms with Gasteiger partial charge in [-0.2, -0.15) is 13.5 Å². The number of rotatable bonds is 5. The highest BCUT2D eigenvalue weighted by Crippen LogP contribution is 2.36. The highest BCUT2D eigenvalue weighted by molar-refractivity contribution is 7.86. The maximum atomic E-state index is 12.3. The lowest BCUT2D eigenvalue weighted by atomic mass is 9.97. The Morgan fingerprint density at radius 2 is 1.70 bits per heavy atom. The van der Waals surface area contributed by atoms with Gasteiger partial charge in [-0.25, -0.2) is 0 Å². The Bertz CT molecular complexity index is 802. The lowest BCUT2D eigenvalue weighted by molar-refractivity contribution is -0.189. The van der Waals surface area contributed by atoms with E-state index in [0.717, 1.165) is 10.6 Å². The van der Waals surface area contributed by atoms with Crippen molar-refractivity contribution < 1.29 is 22.2 Å². The molecule has 1 unspecified atom stereocenters. The SMILES string of the molecule is COc1ccc(S(=O)(=O)ON2C(=O)CC2c2ccccc2)cc1. The number of hydrogen-bond acceptors (Lipinski definition) is 5. The van der Waals surface area contributed by atoms with Gasteiger partial charge in [0.05, 0.1) is 24.5 Å². The first-order chi connectivity index (χ1) is 11.0. The number of hydrogen-bond donors (Lipinski definition) is 0. The quantitative estimate of drug-likeness (QED) is 0.785. The Hall–Kier alpha value is -2.38. The van der Waals surface area contributed by atoms with Crippen LogP contribution in [0.3, 0.4) is 0 Å². The molecule has 2 aromatic rings. The minimum atomic E-state index is -4.07. The summed E-state index contributed by atoms with van der Waals surface area (Å²) in [6.07, 6.45) is 0.224. The first-order valence-corrected chi connectivity index (χ1v) is 8.38. The summed E-state index contributed by atoms with van der Waals surface area (Å²) in [6.45, 7) is 0. The fourth-order valence-corrected chi connectivity index (χ4v) is 3.27. The molecule has 1 atom stereocenters. The Labute approximate surface area is 134 Å². The molecule has 0 spiro atoms. The Balaban J connectivity index is 1.80. The molecule has 3 rings (SSSR count). The molecule has 0 bridgehead atoms.